The van der Waals surface area contributed by atoms with Crippen LogP contribution >= 0.6 is 11.3 Å². The molecule has 8 heteroatoms. The van der Waals surface area contributed by atoms with E-state index in [0.29, 0.717) is 24.2 Å². The Kier molecular flexibility index (Phi) is 5.30. The van der Waals surface area contributed by atoms with Crippen LogP contribution in [0, 0.1) is 5.92 Å². The summed E-state index contributed by atoms with van der Waals surface area (Å²) < 4.78 is 25.5. The Morgan fingerprint density at radius 2 is 1.93 bits per heavy atom. The van der Waals surface area contributed by atoms with Gasteiger partial charge in [-0.1, -0.05) is 0 Å². The van der Waals surface area contributed by atoms with Gasteiger partial charge in [0.15, 0.2) is 6.54 Å². The summed E-state index contributed by atoms with van der Waals surface area (Å²) in [6.45, 7) is 1.43. The van der Waals surface area contributed by atoms with E-state index in [1.54, 1.807) is 12.1 Å². The predicted molar refractivity (Wildman–Crippen MR) is 110 cm³/mol. The van der Waals surface area contributed by atoms with Crippen molar-refractivity contribution in [2.45, 2.75) is 30.2 Å². The molecule has 1 aromatic carbocycles. The molecule has 28 heavy (non-hydrogen) atoms. The van der Waals surface area contributed by atoms with Crippen LogP contribution in [0.15, 0.2) is 40.6 Å². The Hall–Kier alpha value is -1.74. The van der Waals surface area contributed by atoms with E-state index in [-0.39, 0.29) is 10.8 Å². The summed E-state index contributed by atoms with van der Waals surface area (Å²) >= 11 is 1.84. The number of sulfonamides is 1. The lowest BCUT2D eigenvalue weighted by atomic mass is 9.96. The number of carbonyl (C=O) groups excluding carboxylic acids is 1. The molecule has 2 aromatic rings. The number of thiophene rings is 1. The highest BCUT2D eigenvalue weighted by Crippen LogP contribution is 2.42. The van der Waals surface area contributed by atoms with E-state index in [0.717, 1.165) is 13.0 Å². The van der Waals surface area contributed by atoms with Gasteiger partial charge in [-0.25, -0.2) is 12.7 Å². The van der Waals surface area contributed by atoms with Crippen molar-refractivity contribution < 1.29 is 18.1 Å². The summed E-state index contributed by atoms with van der Waals surface area (Å²) in [6.07, 6.45) is 3.55. The molecule has 4 rings (SSSR count). The molecule has 150 valence electrons. The lowest BCUT2D eigenvalue weighted by molar-refractivity contribution is -0.928. The average molecular weight is 421 g/mol. The molecule has 1 fully saturated rings. The summed E-state index contributed by atoms with van der Waals surface area (Å²) in [6, 6.07) is 9.04. The Morgan fingerprint density at radius 3 is 2.57 bits per heavy atom. The predicted octanol–water partition coefficient (Wildman–Crippen LogP) is 1.53. The highest BCUT2D eigenvalue weighted by atomic mass is 32.2. The van der Waals surface area contributed by atoms with Crippen molar-refractivity contribution in [2.75, 3.05) is 32.5 Å². The molecule has 2 aliphatic rings. The zero-order valence-corrected chi connectivity index (χ0v) is 17.8. The van der Waals surface area contributed by atoms with Crippen LogP contribution in [0.1, 0.15) is 29.3 Å². The summed E-state index contributed by atoms with van der Waals surface area (Å²) in [4.78, 5) is 15.7. The van der Waals surface area contributed by atoms with E-state index in [1.165, 1.54) is 58.7 Å². The van der Waals surface area contributed by atoms with Gasteiger partial charge in [0.05, 0.1) is 11.4 Å². The standard InChI is InChI=1S/C20H25N3O3S2/c1-22(2)28(25,26)16-7-5-15(6-8-16)21-19(24)13-23-11-9-18-17(10-12-27-18)20(23)14-3-4-14/h5-8,10,12,14,20H,3-4,9,11,13H2,1-2H3,(H,21,24)/p+1/t20-/m0/s1. The summed E-state index contributed by atoms with van der Waals surface area (Å²) in [5.41, 5.74) is 2.07. The molecule has 1 aliphatic heterocycles. The van der Waals surface area contributed by atoms with Crippen LogP contribution in [0.3, 0.4) is 0 Å². The number of nitrogens with zero attached hydrogens (tertiary/aromatic N) is 1. The van der Waals surface area contributed by atoms with Gasteiger partial charge in [0.1, 0.15) is 6.04 Å². The zero-order valence-electron chi connectivity index (χ0n) is 16.1. The smallest absolute Gasteiger partial charge is 0.279 e. The maximum atomic E-state index is 12.7. The van der Waals surface area contributed by atoms with E-state index in [1.807, 2.05) is 11.3 Å². The largest absolute Gasteiger partial charge is 0.321 e. The molecular weight excluding hydrogens is 394 g/mol. The van der Waals surface area contributed by atoms with Crippen molar-refractivity contribution in [2.24, 2.45) is 5.92 Å². The molecule has 1 amide bonds. The Labute approximate surface area is 170 Å². The van der Waals surface area contributed by atoms with Crippen LogP contribution in [-0.4, -0.2) is 45.8 Å². The average Bonchev–Trinajstić information content (AvgIpc) is 3.38. The number of fused-ring (bicyclic) bond motifs is 1. The molecule has 0 spiro atoms. The molecule has 1 unspecified atom stereocenters. The third-order valence-corrected chi connectivity index (χ3v) is 8.45. The van der Waals surface area contributed by atoms with Crippen molar-refractivity contribution in [1.82, 2.24) is 4.31 Å². The van der Waals surface area contributed by atoms with Gasteiger partial charge in [0, 0.05) is 42.6 Å². The second-order valence-corrected chi connectivity index (χ2v) is 11.0. The second-order valence-electron chi connectivity index (χ2n) is 7.81. The van der Waals surface area contributed by atoms with Gasteiger partial charge in [0.25, 0.3) is 5.91 Å². The van der Waals surface area contributed by atoms with Crippen LogP contribution in [0.2, 0.25) is 0 Å². The Morgan fingerprint density at radius 1 is 1.21 bits per heavy atom. The van der Waals surface area contributed by atoms with Crippen LogP contribution in [0.5, 0.6) is 0 Å². The van der Waals surface area contributed by atoms with Crippen molar-refractivity contribution in [1.29, 1.82) is 0 Å². The third kappa shape index (κ3) is 3.87. The number of quaternary nitrogens is 1. The van der Waals surface area contributed by atoms with Gasteiger partial charge in [-0.05, 0) is 48.6 Å². The van der Waals surface area contributed by atoms with Gasteiger partial charge >= 0.3 is 0 Å². The first-order valence-electron chi connectivity index (χ1n) is 9.59. The second kappa shape index (κ2) is 7.59. The fourth-order valence-corrected chi connectivity index (χ4v) is 5.86. The number of carbonyl (C=O) groups is 1. The third-order valence-electron chi connectivity index (χ3n) is 5.63. The Balaban J connectivity index is 1.42. The molecule has 2 heterocycles. The molecular formula is C20H26N3O3S2+. The fraction of sp³-hybridized carbons (Fsp3) is 0.450. The van der Waals surface area contributed by atoms with Gasteiger partial charge in [0.2, 0.25) is 10.0 Å². The van der Waals surface area contributed by atoms with Gasteiger partial charge < -0.3 is 10.2 Å². The van der Waals surface area contributed by atoms with Crippen molar-refractivity contribution >= 4 is 33.0 Å². The number of benzene rings is 1. The van der Waals surface area contributed by atoms with Gasteiger partial charge in [-0.2, -0.15) is 0 Å². The van der Waals surface area contributed by atoms with Gasteiger partial charge in [-0.15, -0.1) is 11.3 Å². The van der Waals surface area contributed by atoms with Crippen LogP contribution < -0.4 is 10.2 Å². The Bertz CT molecular complexity index is 963. The van der Waals surface area contributed by atoms with Crippen molar-refractivity contribution in [3.8, 4) is 0 Å². The fourth-order valence-electron chi connectivity index (χ4n) is 4.03. The summed E-state index contributed by atoms with van der Waals surface area (Å²) in [5.74, 6) is 0.675. The van der Waals surface area contributed by atoms with Crippen molar-refractivity contribution in [3.05, 3.63) is 46.2 Å². The lowest BCUT2D eigenvalue weighted by Gasteiger charge is -2.32. The minimum atomic E-state index is -3.46. The van der Waals surface area contributed by atoms with E-state index in [9.17, 15) is 13.2 Å². The number of anilines is 1. The van der Waals surface area contributed by atoms with Gasteiger partial charge in [-0.3, -0.25) is 4.79 Å². The molecule has 1 saturated carbocycles. The van der Waals surface area contributed by atoms with Crippen LogP contribution in [0.25, 0.3) is 0 Å². The molecule has 2 atom stereocenters. The first-order valence-corrected chi connectivity index (χ1v) is 11.9. The van der Waals surface area contributed by atoms with Crippen molar-refractivity contribution in [3.63, 3.8) is 0 Å². The molecule has 1 aliphatic carbocycles. The first-order chi connectivity index (χ1) is 13.4. The van der Waals surface area contributed by atoms with E-state index in [2.05, 4.69) is 16.8 Å². The highest BCUT2D eigenvalue weighted by molar-refractivity contribution is 7.89. The van der Waals surface area contributed by atoms with E-state index in [4.69, 9.17) is 0 Å². The van der Waals surface area contributed by atoms with Crippen LogP contribution in [-0.2, 0) is 21.2 Å². The van der Waals surface area contributed by atoms with Crippen LogP contribution in [0.4, 0.5) is 5.69 Å². The number of hydrogen-bond acceptors (Lipinski definition) is 4. The SMILES string of the molecule is CN(C)S(=O)(=O)c1ccc(NC(=O)C[NH+]2CCc3sccc3[C@@H]2C2CC2)cc1. The van der Waals surface area contributed by atoms with E-state index < -0.39 is 10.0 Å². The number of amides is 1. The number of hydrogen-bond donors (Lipinski definition) is 2. The highest BCUT2D eigenvalue weighted by Gasteiger charge is 2.43. The lowest BCUT2D eigenvalue weighted by Crippen LogP contribution is -3.14. The normalized spacial score (nSPS) is 22.1. The summed E-state index contributed by atoms with van der Waals surface area (Å²) in [7, 11) is -0.457. The zero-order chi connectivity index (χ0) is 19.9. The minimum Gasteiger partial charge on any atom is -0.321 e. The number of nitrogens with one attached hydrogen (secondary N) is 2. The maximum Gasteiger partial charge on any atom is 0.279 e. The number of rotatable bonds is 6. The maximum absolute atomic E-state index is 12.7. The topological polar surface area (TPSA) is 70.9 Å². The molecule has 6 nitrogen and oxygen atoms in total. The first kappa shape index (κ1) is 19.6. The molecule has 2 N–H and O–H groups in total. The molecule has 0 radical (unpaired) electrons. The minimum absolute atomic E-state index is 0.0254. The molecule has 1 aromatic heterocycles. The quantitative estimate of drug-likeness (QED) is 0.745. The summed E-state index contributed by atoms with van der Waals surface area (Å²) in [5, 5.41) is 5.10. The molecule has 0 saturated heterocycles. The molecule has 0 bridgehead atoms. The monoisotopic (exact) mass is 420 g/mol. The van der Waals surface area contributed by atoms with E-state index >= 15 is 0 Å².